The van der Waals surface area contributed by atoms with Crippen molar-refractivity contribution in [1.82, 2.24) is 15.0 Å². The van der Waals surface area contributed by atoms with Crippen LogP contribution in [0.3, 0.4) is 0 Å². The second-order valence-corrected chi connectivity index (χ2v) is 4.49. The van der Waals surface area contributed by atoms with E-state index >= 15 is 0 Å². The smallest absolute Gasteiger partial charge is 0.253 e. The van der Waals surface area contributed by atoms with Gasteiger partial charge in [0, 0.05) is 17.8 Å². The quantitative estimate of drug-likeness (QED) is 0.681. The van der Waals surface area contributed by atoms with Gasteiger partial charge in [0.05, 0.1) is 10.2 Å². The predicted molar refractivity (Wildman–Crippen MR) is 67.9 cm³/mol. The molecule has 0 amide bonds. The first-order chi connectivity index (χ1) is 8.22. The lowest BCUT2D eigenvalue weighted by Crippen LogP contribution is -2.09. The molecule has 0 aliphatic carbocycles. The van der Waals surface area contributed by atoms with E-state index in [1.54, 1.807) is 17.5 Å². The SMILES string of the molecule is Nc1cc(=O)[nH]c(-c2cnc3ccsc3c2)n1. The Hall–Kier alpha value is -2.21. The summed E-state index contributed by atoms with van der Waals surface area (Å²) in [5.41, 5.74) is 6.96. The molecular formula is C11H8N4OS. The largest absolute Gasteiger partial charge is 0.383 e. The van der Waals surface area contributed by atoms with E-state index in [-0.39, 0.29) is 11.4 Å². The van der Waals surface area contributed by atoms with E-state index in [9.17, 15) is 4.79 Å². The molecule has 0 spiro atoms. The van der Waals surface area contributed by atoms with E-state index in [1.807, 2.05) is 17.5 Å². The minimum absolute atomic E-state index is 0.204. The molecule has 0 aliphatic rings. The number of thiophene rings is 1. The van der Waals surface area contributed by atoms with Gasteiger partial charge >= 0.3 is 0 Å². The summed E-state index contributed by atoms with van der Waals surface area (Å²) in [5, 5.41) is 1.97. The number of H-pyrrole nitrogens is 1. The molecule has 0 saturated carbocycles. The number of aromatic amines is 1. The summed E-state index contributed by atoms with van der Waals surface area (Å²) >= 11 is 1.59. The molecule has 0 aliphatic heterocycles. The fourth-order valence-corrected chi connectivity index (χ4v) is 2.37. The summed E-state index contributed by atoms with van der Waals surface area (Å²) < 4.78 is 1.05. The van der Waals surface area contributed by atoms with Crippen molar-refractivity contribution < 1.29 is 0 Å². The number of aromatic nitrogens is 3. The molecule has 5 nitrogen and oxygen atoms in total. The van der Waals surface area contributed by atoms with Crippen LogP contribution < -0.4 is 11.3 Å². The van der Waals surface area contributed by atoms with Gasteiger partial charge in [0.1, 0.15) is 11.6 Å². The standard InChI is InChI=1S/C11H8N4OS/c12-9-4-10(16)15-11(14-9)6-3-8-7(13-5-6)1-2-17-8/h1-5H,(H3,12,14,15,16). The predicted octanol–water partition coefficient (Wildman–Crippen LogP) is 1.63. The molecule has 0 saturated heterocycles. The van der Waals surface area contributed by atoms with Crippen molar-refractivity contribution in [2.45, 2.75) is 0 Å². The average Bonchev–Trinajstić information content (AvgIpc) is 2.74. The molecule has 0 bridgehead atoms. The number of nitrogens with one attached hydrogen (secondary N) is 1. The van der Waals surface area contributed by atoms with Crippen LogP contribution >= 0.6 is 11.3 Å². The third-order valence-corrected chi connectivity index (χ3v) is 3.19. The molecule has 3 N–H and O–H groups in total. The Labute approximate surface area is 100.0 Å². The van der Waals surface area contributed by atoms with Gasteiger partial charge in [-0.1, -0.05) is 0 Å². The van der Waals surface area contributed by atoms with Crippen LogP contribution in [0, 0.1) is 0 Å². The maximum Gasteiger partial charge on any atom is 0.253 e. The summed E-state index contributed by atoms with van der Waals surface area (Å²) in [6.07, 6.45) is 1.67. The number of anilines is 1. The fourth-order valence-electron chi connectivity index (χ4n) is 1.59. The average molecular weight is 244 g/mol. The Morgan fingerprint density at radius 3 is 3.06 bits per heavy atom. The van der Waals surface area contributed by atoms with Crippen LogP contribution in [-0.4, -0.2) is 15.0 Å². The lowest BCUT2D eigenvalue weighted by Gasteiger charge is -2.01. The van der Waals surface area contributed by atoms with Gasteiger partial charge in [-0.05, 0) is 17.5 Å². The van der Waals surface area contributed by atoms with Crippen molar-refractivity contribution in [1.29, 1.82) is 0 Å². The Bertz CT molecular complexity index is 746. The summed E-state index contributed by atoms with van der Waals surface area (Å²) in [4.78, 5) is 22.3. The van der Waals surface area contributed by atoms with Gasteiger partial charge in [-0.3, -0.25) is 9.78 Å². The van der Waals surface area contributed by atoms with E-state index in [4.69, 9.17) is 5.73 Å². The van der Waals surface area contributed by atoms with Crippen molar-refractivity contribution in [3.63, 3.8) is 0 Å². The molecule has 3 aromatic rings. The number of hydrogen-bond donors (Lipinski definition) is 2. The van der Waals surface area contributed by atoms with Crippen molar-refractivity contribution in [3.8, 4) is 11.4 Å². The summed E-state index contributed by atoms with van der Waals surface area (Å²) in [6.45, 7) is 0. The Morgan fingerprint density at radius 1 is 1.35 bits per heavy atom. The Kier molecular flexibility index (Phi) is 2.15. The van der Waals surface area contributed by atoms with E-state index in [2.05, 4.69) is 15.0 Å². The summed E-state index contributed by atoms with van der Waals surface area (Å²) in [5.74, 6) is 0.646. The zero-order valence-corrected chi connectivity index (χ0v) is 9.49. The third kappa shape index (κ3) is 1.78. The van der Waals surface area contributed by atoms with E-state index in [0.717, 1.165) is 15.8 Å². The molecule has 0 unspecified atom stereocenters. The number of nitrogens with two attached hydrogens (primary N) is 1. The number of pyridine rings is 1. The second kappa shape index (κ2) is 3.67. The molecular weight excluding hydrogens is 236 g/mol. The first-order valence-electron chi connectivity index (χ1n) is 4.93. The highest BCUT2D eigenvalue weighted by Gasteiger charge is 2.05. The number of fused-ring (bicyclic) bond motifs is 1. The second-order valence-electron chi connectivity index (χ2n) is 3.55. The first-order valence-corrected chi connectivity index (χ1v) is 5.81. The molecule has 17 heavy (non-hydrogen) atoms. The van der Waals surface area contributed by atoms with Gasteiger partial charge in [-0.15, -0.1) is 11.3 Å². The van der Waals surface area contributed by atoms with Crippen LogP contribution in [0.5, 0.6) is 0 Å². The third-order valence-electron chi connectivity index (χ3n) is 2.34. The zero-order valence-electron chi connectivity index (χ0n) is 8.68. The molecule has 0 aromatic carbocycles. The lowest BCUT2D eigenvalue weighted by molar-refractivity contribution is 1.13. The normalized spacial score (nSPS) is 10.8. The number of rotatable bonds is 1. The lowest BCUT2D eigenvalue weighted by atomic mass is 10.2. The van der Waals surface area contributed by atoms with Crippen molar-refractivity contribution in [2.75, 3.05) is 5.73 Å². The van der Waals surface area contributed by atoms with Crippen LogP contribution in [0.4, 0.5) is 5.82 Å². The minimum atomic E-state index is -0.265. The minimum Gasteiger partial charge on any atom is -0.383 e. The van der Waals surface area contributed by atoms with Gasteiger partial charge in [0.25, 0.3) is 5.56 Å². The molecule has 0 radical (unpaired) electrons. The maximum absolute atomic E-state index is 11.3. The number of hydrogen-bond acceptors (Lipinski definition) is 5. The van der Waals surface area contributed by atoms with Crippen molar-refractivity contribution >= 4 is 27.4 Å². The van der Waals surface area contributed by atoms with Gasteiger partial charge in [-0.2, -0.15) is 0 Å². The van der Waals surface area contributed by atoms with Crippen molar-refractivity contribution in [2.24, 2.45) is 0 Å². The van der Waals surface area contributed by atoms with Crippen LogP contribution in [0.15, 0.2) is 34.6 Å². The molecule has 0 atom stereocenters. The van der Waals surface area contributed by atoms with Gasteiger partial charge in [0.15, 0.2) is 0 Å². The van der Waals surface area contributed by atoms with E-state index in [1.165, 1.54) is 6.07 Å². The van der Waals surface area contributed by atoms with E-state index < -0.39 is 0 Å². The molecule has 3 rings (SSSR count). The van der Waals surface area contributed by atoms with Gasteiger partial charge in [0.2, 0.25) is 0 Å². The monoisotopic (exact) mass is 244 g/mol. The number of nitrogen functional groups attached to an aromatic ring is 1. The number of nitrogens with zero attached hydrogens (tertiary/aromatic N) is 2. The molecule has 6 heteroatoms. The van der Waals surface area contributed by atoms with Gasteiger partial charge in [-0.25, -0.2) is 4.98 Å². The highest BCUT2D eigenvalue weighted by atomic mass is 32.1. The van der Waals surface area contributed by atoms with Crippen LogP contribution in [0.1, 0.15) is 0 Å². The molecule has 0 fully saturated rings. The Balaban J connectivity index is 2.22. The highest BCUT2D eigenvalue weighted by molar-refractivity contribution is 7.17. The first kappa shape index (κ1) is 9.98. The van der Waals surface area contributed by atoms with Gasteiger partial charge < -0.3 is 10.7 Å². The summed E-state index contributed by atoms with van der Waals surface area (Å²) in [6, 6.07) is 5.13. The molecule has 3 heterocycles. The van der Waals surface area contributed by atoms with Crippen molar-refractivity contribution in [3.05, 3.63) is 40.1 Å². The Morgan fingerprint density at radius 2 is 2.24 bits per heavy atom. The zero-order chi connectivity index (χ0) is 11.8. The van der Waals surface area contributed by atoms with Crippen LogP contribution in [0.25, 0.3) is 21.6 Å². The van der Waals surface area contributed by atoms with E-state index in [0.29, 0.717) is 5.82 Å². The molecule has 3 aromatic heterocycles. The van der Waals surface area contributed by atoms with Crippen LogP contribution in [0.2, 0.25) is 0 Å². The maximum atomic E-state index is 11.3. The summed E-state index contributed by atoms with van der Waals surface area (Å²) in [7, 11) is 0. The topological polar surface area (TPSA) is 84.7 Å². The molecule has 84 valence electrons. The van der Waals surface area contributed by atoms with Crippen LogP contribution in [-0.2, 0) is 0 Å². The highest BCUT2D eigenvalue weighted by Crippen LogP contribution is 2.23. The fraction of sp³-hybridized carbons (Fsp3) is 0.